The Kier molecular flexibility index (Phi) is 5.45. The molecule has 0 radical (unpaired) electrons. The molecule has 0 bridgehead atoms. The molecule has 0 saturated heterocycles. The predicted octanol–water partition coefficient (Wildman–Crippen LogP) is 4.94. The summed E-state index contributed by atoms with van der Waals surface area (Å²) >= 11 is 0. The van der Waals surface area contributed by atoms with Crippen LogP contribution in [0.3, 0.4) is 0 Å². The van der Waals surface area contributed by atoms with Crippen molar-refractivity contribution in [1.29, 1.82) is 0 Å². The van der Waals surface area contributed by atoms with E-state index in [1.54, 1.807) is 0 Å². The highest BCUT2D eigenvalue weighted by atomic mass is 14.9. The van der Waals surface area contributed by atoms with Gasteiger partial charge in [0.15, 0.2) is 0 Å². The van der Waals surface area contributed by atoms with Gasteiger partial charge in [-0.05, 0) is 42.3 Å². The maximum atomic E-state index is 3.56. The first-order valence-corrected chi connectivity index (χ1v) is 8.25. The first-order chi connectivity index (χ1) is 11.8. The van der Waals surface area contributed by atoms with Crippen molar-refractivity contribution in [1.82, 2.24) is 5.32 Å². The first-order valence-electron chi connectivity index (χ1n) is 8.25. The molecule has 118 valence electrons. The molecule has 1 nitrogen and oxygen atoms in total. The molecule has 0 aromatic heterocycles. The Balaban J connectivity index is 1.58. The van der Waals surface area contributed by atoms with Crippen LogP contribution in [0.5, 0.6) is 0 Å². The minimum atomic E-state index is 0.337. The second kappa shape index (κ2) is 8.15. The molecule has 0 amide bonds. The zero-order valence-corrected chi connectivity index (χ0v) is 13.9. The fraction of sp³-hybridized carbons (Fsp3) is 0.130. The highest BCUT2D eigenvalue weighted by Crippen LogP contribution is 2.12. The van der Waals surface area contributed by atoms with E-state index in [0.29, 0.717) is 6.04 Å². The Morgan fingerprint density at radius 2 is 1.25 bits per heavy atom. The van der Waals surface area contributed by atoms with E-state index in [2.05, 4.69) is 72.6 Å². The smallest absolute Gasteiger partial charge is 0.0294 e. The van der Waals surface area contributed by atoms with Crippen LogP contribution in [0.15, 0.2) is 84.9 Å². The lowest BCUT2D eigenvalue weighted by molar-refractivity contribution is 0.575. The van der Waals surface area contributed by atoms with Gasteiger partial charge in [0, 0.05) is 23.7 Å². The normalized spacial score (nSPS) is 11.4. The van der Waals surface area contributed by atoms with Crippen LogP contribution in [0, 0.1) is 11.8 Å². The first kappa shape index (κ1) is 16.1. The standard InChI is InChI=1S/C23H21N/c1-19(23-10-6-3-7-11-23)24-18-22-16-14-21(15-17-22)13-12-20-8-4-2-5-9-20/h2-11,14-17,19,24H,18H2,1H3/t19-/m1/s1. The molecular weight excluding hydrogens is 290 g/mol. The van der Waals surface area contributed by atoms with Gasteiger partial charge in [0.2, 0.25) is 0 Å². The van der Waals surface area contributed by atoms with Crippen LogP contribution in [-0.2, 0) is 6.54 Å². The van der Waals surface area contributed by atoms with Crippen LogP contribution in [0.1, 0.15) is 35.2 Å². The van der Waals surface area contributed by atoms with Crippen molar-refractivity contribution in [3.8, 4) is 11.8 Å². The molecule has 0 aliphatic rings. The van der Waals surface area contributed by atoms with E-state index < -0.39 is 0 Å². The average Bonchev–Trinajstić information content (AvgIpc) is 2.67. The van der Waals surface area contributed by atoms with Crippen molar-refractivity contribution in [3.05, 3.63) is 107 Å². The van der Waals surface area contributed by atoms with Gasteiger partial charge in [0.05, 0.1) is 0 Å². The fourth-order valence-corrected chi connectivity index (χ4v) is 2.50. The van der Waals surface area contributed by atoms with Gasteiger partial charge >= 0.3 is 0 Å². The summed E-state index contributed by atoms with van der Waals surface area (Å²) in [5.74, 6) is 6.39. The van der Waals surface area contributed by atoms with Crippen LogP contribution < -0.4 is 5.32 Å². The topological polar surface area (TPSA) is 12.0 Å². The lowest BCUT2D eigenvalue weighted by Gasteiger charge is -2.14. The number of hydrogen-bond donors (Lipinski definition) is 1. The minimum Gasteiger partial charge on any atom is -0.306 e. The summed E-state index contributed by atoms with van der Waals surface area (Å²) in [6.45, 7) is 3.04. The molecule has 1 heteroatoms. The fourth-order valence-electron chi connectivity index (χ4n) is 2.50. The molecular formula is C23H21N. The SMILES string of the molecule is C[C@@H](NCc1ccc(C#Cc2ccccc2)cc1)c1ccccc1. The van der Waals surface area contributed by atoms with Crippen molar-refractivity contribution < 1.29 is 0 Å². The predicted molar refractivity (Wildman–Crippen MR) is 101 cm³/mol. The van der Waals surface area contributed by atoms with Crippen molar-refractivity contribution in [2.75, 3.05) is 0 Å². The molecule has 3 rings (SSSR count). The quantitative estimate of drug-likeness (QED) is 0.673. The molecule has 1 N–H and O–H groups in total. The molecule has 0 aliphatic heterocycles. The highest BCUT2D eigenvalue weighted by Gasteiger charge is 2.03. The van der Waals surface area contributed by atoms with E-state index in [1.807, 2.05) is 36.4 Å². The van der Waals surface area contributed by atoms with Crippen LogP contribution in [0.2, 0.25) is 0 Å². The Hall–Kier alpha value is -2.82. The Morgan fingerprint density at radius 1 is 0.708 bits per heavy atom. The van der Waals surface area contributed by atoms with Gasteiger partial charge in [-0.25, -0.2) is 0 Å². The zero-order chi connectivity index (χ0) is 16.6. The van der Waals surface area contributed by atoms with Gasteiger partial charge in [-0.1, -0.05) is 72.5 Å². The lowest BCUT2D eigenvalue weighted by Crippen LogP contribution is -2.17. The number of rotatable bonds is 4. The van der Waals surface area contributed by atoms with E-state index in [-0.39, 0.29) is 0 Å². The van der Waals surface area contributed by atoms with E-state index in [4.69, 9.17) is 0 Å². The molecule has 0 aliphatic carbocycles. The summed E-state index contributed by atoms with van der Waals surface area (Å²) in [5, 5.41) is 3.56. The van der Waals surface area contributed by atoms with Gasteiger partial charge in [-0.3, -0.25) is 0 Å². The van der Waals surface area contributed by atoms with Crippen LogP contribution in [-0.4, -0.2) is 0 Å². The summed E-state index contributed by atoms with van der Waals surface area (Å²) in [4.78, 5) is 0. The lowest BCUT2D eigenvalue weighted by atomic mass is 10.1. The molecule has 1 atom stereocenters. The van der Waals surface area contributed by atoms with Crippen LogP contribution in [0.4, 0.5) is 0 Å². The number of nitrogens with one attached hydrogen (secondary N) is 1. The third-order valence-corrected chi connectivity index (χ3v) is 3.99. The summed E-state index contributed by atoms with van der Waals surface area (Å²) in [5.41, 5.74) is 4.66. The summed E-state index contributed by atoms with van der Waals surface area (Å²) in [6.07, 6.45) is 0. The molecule has 3 aromatic carbocycles. The van der Waals surface area contributed by atoms with E-state index in [1.165, 1.54) is 11.1 Å². The monoisotopic (exact) mass is 311 g/mol. The summed E-state index contributed by atoms with van der Waals surface area (Å²) in [6, 6.07) is 29.4. The third-order valence-electron chi connectivity index (χ3n) is 3.99. The van der Waals surface area contributed by atoms with Crippen LogP contribution >= 0.6 is 0 Å². The molecule has 0 heterocycles. The molecule has 0 fully saturated rings. The zero-order valence-electron chi connectivity index (χ0n) is 13.9. The third kappa shape index (κ3) is 4.59. The van der Waals surface area contributed by atoms with Gasteiger partial charge < -0.3 is 5.32 Å². The van der Waals surface area contributed by atoms with Crippen molar-refractivity contribution in [3.63, 3.8) is 0 Å². The van der Waals surface area contributed by atoms with Crippen molar-refractivity contribution in [2.24, 2.45) is 0 Å². The summed E-state index contributed by atoms with van der Waals surface area (Å²) < 4.78 is 0. The molecule has 0 saturated carbocycles. The molecule has 0 unspecified atom stereocenters. The van der Waals surface area contributed by atoms with E-state index in [0.717, 1.165) is 17.7 Å². The Morgan fingerprint density at radius 3 is 1.88 bits per heavy atom. The van der Waals surface area contributed by atoms with Gasteiger partial charge in [-0.2, -0.15) is 0 Å². The average molecular weight is 311 g/mol. The van der Waals surface area contributed by atoms with Gasteiger partial charge in [0.1, 0.15) is 0 Å². The number of benzene rings is 3. The summed E-state index contributed by atoms with van der Waals surface area (Å²) in [7, 11) is 0. The molecule has 24 heavy (non-hydrogen) atoms. The second-order valence-corrected chi connectivity index (χ2v) is 5.83. The second-order valence-electron chi connectivity index (χ2n) is 5.83. The maximum Gasteiger partial charge on any atom is 0.0294 e. The van der Waals surface area contributed by atoms with Crippen molar-refractivity contribution in [2.45, 2.75) is 19.5 Å². The largest absolute Gasteiger partial charge is 0.306 e. The van der Waals surface area contributed by atoms with E-state index in [9.17, 15) is 0 Å². The number of hydrogen-bond acceptors (Lipinski definition) is 1. The van der Waals surface area contributed by atoms with Gasteiger partial charge in [0.25, 0.3) is 0 Å². The Labute approximate surface area is 144 Å². The maximum absolute atomic E-state index is 3.56. The molecule has 3 aromatic rings. The minimum absolute atomic E-state index is 0.337. The Bertz CT molecular complexity index is 809. The van der Waals surface area contributed by atoms with E-state index >= 15 is 0 Å². The van der Waals surface area contributed by atoms with Crippen molar-refractivity contribution >= 4 is 0 Å². The van der Waals surface area contributed by atoms with Gasteiger partial charge in [-0.15, -0.1) is 0 Å². The highest BCUT2D eigenvalue weighted by molar-refractivity contribution is 5.43. The molecule has 0 spiro atoms. The van der Waals surface area contributed by atoms with Crippen LogP contribution in [0.25, 0.3) is 0 Å².